The Balaban J connectivity index is 1.55. The fourth-order valence-corrected chi connectivity index (χ4v) is 7.33. The molecule has 1 aromatic heterocycles. The lowest BCUT2D eigenvalue weighted by Crippen LogP contribution is -2.56. The van der Waals surface area contributed by atoms with Crippen LogP contribution in [0.5, 0.6) is 11.5 Å². The van der Waals surface area contributed by atoms with Gasteiger partial charge in [0.2, 0.25) is 23.6 Å². The number of rotatable bonds is 15. The van der Waals surface area contributed by atoms with Crippen molar-refractivity contribution in [1.29, 1.82) is 5.26 Å². The molecule has 12 N–H and O–H groups in total. The van der Waals surface area contributed by atoms with E-state index in [1.165, 1.54) is 20.0 Å². The maximum atomic E-state index is 14.6. The average molecular weight is 890 g/mol. The fourth-order valence-electron chi connectivity index (χ4n) is 7.33. The van der Waals surface area contributed by atoms with Crippen molar-refractivity contribution >= 4 is 35.4 Å². The van der Waals surface area contributed by atoms with Gasteiger partial charge in [-0.05, 0) is 78.4 Å². The summed E-state index contributed by atoms with van der Waals surface area (Å²) in [5.41, 5.74) is 28.3. The SMILES string of the molecule is C[C@@H]1NC(=O)[C@@H](N(C)C(=O)[C@H](CCN)NC(=O)c2ccc(-c3ccc(C(C)(C)C)cc3)nc2N)c2ccc(OCCN)c(c2)-c2cc(ccc2OCCN)C[C@@H](C(=O)NCC#N)NC1=O. The van der Waals surface area contributed by atoms with Crippen molar-refractivity contribution in [3.63, 3.8) is 0 Å². The van der Waals surface area contributed by atoms with Gasteiger partial charge in [-0.1, -0.05) is 57.2 Å². The third kappa shape index (κ3) is 12.1. The first-order chi connectivity index (χ1) is 31.0. The number of fused-ring (bicyclic) bond motifs is 5. The number of hydrogen-bond acceptors (Lipinski definition) is 13. The predicted molar refractivity (Wildman–Crippen MR) is 246 cm³/mol. The molecule has 0 spiro atoms. The predicted octanol–water partition coefficient (Wildman–Crippen LogP) is 1.80. The van der Waals surface area contributed by atoms with Crippen LogP contribution in [0.1, 0.15) is 67.2 Å². The Bertz CT molecular complexity index is 2410. The molecule has 1 aliphatic rings. The minimum Gasteiger partial charge on any atom is -0.492 e. The van der Waals surface area contributed by atoms with Gasteiger partial charge < -0.3 is 58.6 Å². The number of aromatic nitrogens is 1. The highest BCUT2D eigenvalue weighted by atomic mass is 16.5. The highest BCUT2D eigenvalue weighted by Gasteiger charge is 2.36. The van der Waals surface area contributed by atoms with Crippen LogP contribution in [0.25, 0.3) is 22.4 Å². The molecular formula is C47H59N11O7. The van der Waals surface area contributed by atoms with Crippen LogP contribution in [0, 0.1) is 11.3 Å². The van der Waals surface area contributed by atoms with Crippen molar-refractivity contribution in [2.45, 2.75) is 70.1 Å². The Labute approximate surface area is 378 Å². The molecular weight excluding hydrogens is 831 g/mol. The summed E-state index contributed by atoms with van der Waals surface area (Å²) in [6.07, 6.45) is -0.0213. The Morgan fingerprint density at radius 1 is 0.892 bits per heavy atom. The standard InChI is InChI=1S/C47H59N11O7/c1-27-42(59)57-37(44(61)53-21-18-49)25-28-6-14-38(64-22-19-50)33(24-28)34-26-30(9-15-39(34)65-23-20-51)40(45(62)54-27)58(5)46(63)36(16-17-48)56-43(60)32-12-13-35(55-41(32)52)29-7-10-31(11-8-29)47(2,3)4/h6-15,24,26-27,36-37,40H,16-17,19-23,25,48,50-51H2,1-5H3,(H2,52,55)(H,53,61)(H,54,62)(H,56,60)(H,57,59)/t27-,36-,37-,40-/m0/s1. The lowest BCUT2D eigenvalue weighted by Gasteiger charge is -2.32. The number of nitrogens with two attached hydrogens (primary N) is 4. The highest BCUT2D eigenvalue weighted by molar-refractivity contribution is 6.02. The van der Waals surface area contributed by atoms with Crippen molar-refractivity contribution < 1.29 is 33.4 Å². The van der Waals surface area contributed by atoms with Gasteiger partial charge >= 0.3 is 0 Å². The molecule has 0 unspecified atom stereocenters. The van der Waals surface area contributed by atoms with Gasteiger partial charge in [0.15, 0.2) is 0 Å². The first-order valence-corrected chi connectivity index (χ1v) is 21.3. The number of amides is 5. The fraction of sp³-hybridized carbons (Fsp3) is 0.383. The lowest BCUT2D eigenvalue weighted by molar-refractivity contribution is -0.141. The largest absolute Gasteiger partial charge is 0.492 e. The number of nitrogens with one attached hydrogen (secondary N) is 4. The smallest absolute Gasteiger partial charge is 0.255 e. The second-order valence-corrected chi connectivity index (χ2v) is 16.6. The number of likely N-dealkylation sites (N-methyl/N-ethyl adjacent to an activating group) is 1. The van der Waals surface area contributed by atoms with Gasteiger partial charge in [0.25, 0.3) is 5.91 Å². The minimum absolute atomic E-state index is 0.00204. The van der Waals surface area contributed by atoms with Crippen LogP contribution in [-0.4, -0.2) is 104 Å². The first kappa shape index (κ1) is 49.0. The molecule has 2 heterocycles. The van der Waals surface area contributed by atoms with E-state index in [1.54, 1.807) is 42.5 Å². The number of carbonyl (C=O) groups excluding carboxylic acids is 5. The second-order valence-electron chi connectivity index (χ2n) is 16.6. The van der Waals surface area contributed by atoms with E-state index in [2.05, 4.69) is 47.0 Å². The summed E-state index contributed by atoms with van der Waals surface area (Å²) in [6.45, 7) is 8.12. The van der Waals surface area contributed by atoms with Crippen LogP contribution in [0.4, 0.5) is 5.82 Å². The van der Waals surface area contributed by atoms with E-state index in [-0.39, 0.29) is 69.0 Å². The normalized spacial score (nSPS) is 16.7. The van der Waals surface area contributed by atoms with E-state index in [0.29, 0.717) is 39.4 Å². The number of benzene rings is 3. The molecule has 4 bridgehead atoms. The third-order valence-electron chi connectivity index (χ3n) is 10.8. The van der Waals surface area contributed by atoms with Crippen LogP contribution in [-0.2, 0) is 31.0 Å². The molecule has 18 heteroatoms. The van der Waals surface area contributed by atoms with Gasteiger partial charge in [-0.2, -0.15) is 5.26 Å². The molecule has 1 aliphatic heterocycles. The lowest BCUT2D eigenvalue weighted by atomic mass is 9.86. The quantitative estimate of drug-likeness (QED) is 0.0792. The maximum absolute atomic E-state index is 14.6. The van der Waals surface area contributed by atoms with E-state index in [0.717, 1.165) is 16.0 Å². The number of anilines is 1. The molecule has 5 rings (SSSR count). The number of pyridine rings is 1. The second kappa shape index (κ2) is 22.0. The number of nitrogen functional groups attached to an aromatic ring is 1. The molecule has 18 nitrogen and oxygen atoms in total. The number of nitrogens with zero attached hydrogens (tertiary/aromatic N) is 3. The van der Waals surface area contributed by atoms with Crippen LogP contribution in [0.15, 0.2) is 72.8 Å². The van der Waals surface area contributed by atoms with Gasteiger partial charge in [-0.25, -0.2) is 4.98 Å². The van der Waals surface area contributed by atoms with Crippen LogP contribution in [0.3, 0.4) is 0 Å². The van der Waals surface area contributed by atoms with Crippen molar-refractivity contribution in [3.8, 4) is 40.0 Å². The van der Waals surface area contributed by atoms with Gasteiger partial charge in [0, 0.05) is 43.2 Å². The minimum atomic E-state index is -1.41. The van der Waals surface area contributed by atoms with Crippen LogP contribution < -0.4 is 53.7 Å². The van der Waals surface area contributed by atoms with E-state index in [1.807, 2.05) is 30.3 Å². The van der Waals surface area contributed by atoms with Crippen LogP contribution in [0.2, 0.25) is 0 Å². The Morgan fingerprint density at radius 3 is 2.14 bits per heavy atom. The Hall–Kier alpha value is -7.07. The van der Waals surface area contributed by atoms with Crippen molar-refractivity contribution in [2.24, 2.45) is 17.2 Å². The summed E-state index contributed by atoms with van der Waals surface area (Å²) in [5, 5.41) is 19.8. The number of hydrogen-bond donors (Lipinski definition) is 8. The van der Waals surface area contributed by atoms with E-state index >= 15 is 0 Å². The monoisotopic (exact) mass is 889 g/mol. The molecule has 4 atom stereocenters. The average Bonchev–Trinajstić information content (AvgIpc) is 3.28. The van der Waals surface area contributed by atoms with E-state index in [4.69, 9.17) is 37.7 Å². The van der Waals surface area contributed by atoms with E-state index < -0.39 is 53.7 Å². The summed E-state index contributed by atoms with van der Waals surface area (Å²) in [5.74, 6) is -2.77. The maximum Gasteiger partial charge on any atom is 0.255 e. The van der Waals surface area contributed by atoms with E-state index in [9.17, 15) is 24.0 Å². The van der Waals surface area contributed by atoms with Gasteiger partial charge in [-0.15, -0.1) is 0 Å². The van der Waals surface area contributed by atoms with Crippen molar-refractivity contribution in [1.82, 2.24) is 31.2 Å². The molecule has 0 saturated heterocycles. The molecule has 4 aromatic rings. The van der Waals surface area contributed by atoms with Crippen molar-refractivity contribution in [3.05, 3.63) is 95.1 Å². The Kier molecular flexibility index (Phi) is 16.6. The molecule has 3 aromatic carbocycles. The van der Waals surface area contributed by atoms with Crippen molar-refractivity contribution in [2.75, 3.05) is 52.2 Å². The summed E-state index contributed by atoms with van der Waals surface area (Å²) < 4.78 is 12.2. The molecule has 65 heavy (non-hydrogen) atoms. The number of ether oxygens (including phenoxy) is 2. The van der Waals surface area contributed by atoms with Crippen LogP contribution >= 0.6 is 0 Å². The van der Waals surface area contributed by atoms with Gasteiger partial charge in [-0.3, -0.25) is 24.0 Å². The van der Waals surface area contributed by atoms with Gasteiger partial charge in [0.05, 0.1) is 17.3 Å². The molecule has 0 radical (unpaired) electrons. The zero-order chi connectivity index (χ0) is 47.4. The summed E-state index contributed by atoms with van der Waals surface area (Å²) in [6, 6.07) is 18.0. The number of carbonyl (C=O) groups is 5. The topological polar surface area (TPSA) is 296 Å². The first-order valence-electron chi connectivity index (χ1n) is 21.3. The number of nitriles is 1. The molecule has 0 aliphatic carbocycles. The Morgan fingerprint density at radius 2 is 1.54 bits per heavy atom. The molecule has 0 saturated carbocycles. The molecule has 0 fully saturated rings. The summed E-state index contributed by atoms with van der Waals surface area (Å²) in [4.78, 5) is 75.7. The van der Waals surface area contributed by atoms with Gasteiger partial charge in [0.1, 0.15) is 61.2 Å². The third-order valence-corrected chi connectivity index (χ3v) is 10.8. The zero-order valence-corrected chi connectivity index (χ0v) is 37.4. The summed E-state index contributed by atoms with van der Waals surface area (Å²) >= 11 is 0. The molecule has 344 valence electrons. The molecule has 5 amide bonds. The zero-order valence-electron chi connectivity index (χ0n) is 37.4. The highest BCUT2D eigenvalue weighted by Crippen LogP contribution is 2.40. The summed E-state index contributed by atoms with van der Waals surface area (Å²) in [7, 11) is 1.40.